The first-order chi connectivity index (χ1) is 16.4. The number of thioether (sulfide) groups is 1. The van der Waals surface area contributed by atoms with E-state index in [2.05, 4.69) is 9.97 Å². The summed E-state index contributed by atoms with van der Waals surface area (Å²) in [5.74, 6) is 1.19. The Morgan fingerprint density at radius 2 is 1.88 bits per heavy atom. The fraction of sp³-hybridized carbons (Fsp3) is 0.400. The van der Waals surface area contributed by atoms with Crippen LogP contribution in [-0.2, 0) is 11.3 Å². The summed E-state index contributed by atoms with van der Waals surface area (Å²) < 4.78 is 5.39. The molecule has 0 saturated carbocycles. The molecule has 0 unspecified atom stereocenters. The zero-order valence-corrected chi connectivity index (χ0v) is 20.5. The van der Waals surface area contributed by atoms with E-state index in [0.29, 0.717) is 36.1 Å². The number of aryl methyl sites for hydroxylation is 2. The molecule has 3 aromatic heterocycles. The average molecular weight is 480 g/mol. The van der Waals surface area contributed by atoms with E-state index in [0.717, 1.165) is 35.7 Å². The van der Waals surface area contributed by atoms with Gasteiger partial charge in [-0.1, -0.05) is 11.8 Å². The Morgan fingerprint density at radius 1 is 1.12 bits per heavy atom. The zero-order chi connectivity index (χ0) is 24.1. The quantitative estimate of drug-likeness (QED) is 0.375. The van der Waals surface area contributed by atoms with E-state index in [1.807, 2.05) is 49.1 Å². The first kappa shape index (κ1) is 23.9. The van der Waals surface area contributed by atoms with Crippen molar-refractivity contribution in [3.8, 4) is 0 Å². The Morgan fingerprint density at radius 3 is 2.59 bits per heavy atom. The molecule has 178 valence electrons. The van der Waals surface area contributed by atoms with E-state index >= 15 is 0 Å². The molecule has 0 radical (unpaired) electrons. The van der Waals surface area contributed by atoms with Gasteiger partial charge < -0.3 is 14.2 Å². The van der Waals surface area contributed by atoms with Gasteiger partial charge in [-0.05, 0) is 57.0 Å². The summed E-state index contributed by atoms with van der Waals surface area (Å²) in [5.41, 5.74) is 3.22. The summed E-state index contributed by atoms with van der Waals surface area (Å²) >= 11 is 1.36. The van der Waals surface area contributed by atoms with Gasteiger partial charge in [0, 0.05) is 43.6 Å². The van der Waals surface area contributed by atoms with Gasteiger partial charge in [-0.25, -0.2) is 9.97 Å². The Hall–Kier alpha value is -3.20. The average Bonchev–Trinajstić information content (AvgIpc) is 3.35. The van der Waals surface area contributed by atoms with Crippen LogP contribution in [0.4, 0.5) is 0 Å². The van der Waals surface area contributed by atoms with Crippen molar-refractivity contribution in [2.24, 2.45) is 0 Å². The van der Waals surface area contributed by atoms with Gasteiger partial charge in [0.05, 0.1) is 29.8 Å². The van der Waals surface area contributed by atoms with Crippen LogP contribution in [0.15, 0.2) is 52.4 Å². The SMILES string of the molecule is Cc1ccnc(SCC(=O)N2CCC(c3nc(C)ccc3C(=O)N(C)Cc3ccco3)CC2)n1. The zero-order valence-electron chi connectivity index (χ0n) is 19.7. The Labute approximate surface area is 203 Å². The second kappa shape index (κ2) is 10.8. The normalized spacial score (nSPS) is 14.3. The maximum atomic E-state index is 13.2. The fourth-order valence-electron chi connectivity index (χ4n) is 4.10. The molecule has 1 saturated heterocycles. The van der Waals surface area contributed by atoms with Crippen molar-refractivity contribution >= 4 is 23.6 Å². The van der Waals surface area contributed by atoms with Crippen LogP contribution in [0.2, 0.25) is 0 Å². The molecular weight excluding hydrogens is 450 g/mol. The summed E-state index contributed by atoms with van der Waals surface area (Å²) in [6.07, 6.45) is 4.86. The minimum Gasteiger partial charge on any atom is -0.467 e. The van der Waals surface area contributed by atoms with Crippen molar-refractivity contribution in [1.82, 2.24) is 24.8 Å². The van der Waals surface area contributed by atoms with Crippen LogP contribution in [-0.4, -0.2) is 62.5 Å². The van der Waals surface area contributed by atoms with Crippen molar-refractivity contribution < 1.29 is 14.0 Å². The van der Waals surface area contributed by atoms with Crippen molar-refractivity contribution in [3.05, 3.63) is 71.2 Å². The minimum atomic E-state index is -0.0769. The molecule has 2 amide bonds. The van der Waals surface area contributed by atoms with Crippen LogP contribution < -0.4 is 0 Å². The lowest BCUT2D eigenvalue weighted by Gasteiger charge is -2.32. The molecule has 0 spiro atoms. The first-order valence-corrected chi connectivity index (χ1v) is 12.3. The molecule has 9 heteroatoms. The van der Waals surface area contributed by atoms with Gasteiger partial charge in [-0.15, -0.1) is 0 Å². The first-order valence-electron chi connectivity index (χ1n) is 11.4. The highest BCUT2D eigenvalue weighted by Gasteiger charge is 2.29. The number of likely N-dealkylation sites (tertiary alicyclic amines) is 1. The predicted octanol–water partition coefficient (Wildman–Crippen LogP) is 3.85. The van der Waals surface area contributed by atoms with Gasteiger partial charge in [-0.3, -0.25) is 14.6 Å². The molecule has 3 aromatic rings. The van der Waals surface area contributed by atoms with E-state index in [4.69, 9.17) is 9.40 Å². The molecule has 0 atom stereocenters. The summed E-state index contributed by atoms with van der Waals surface area (Å²) in [7, 11) is 1.77. The van der Waals surface area contributed by atoms with Gasteiger partial charge in [0.2, 0.25) is 5.91 Å². The molecule has 4 heterocycles. The molecule has 4 rings (SSSR count). The highest BCUT2D eigenvalue weighted by Crippen LogP contribution is 2.30. The lowest BCUT2D eigenvalue weighted by atomic mass is 9.89. The number of carbonyl (C=O) groups is 2. The number of amides is 2. The van der Waals surface area contributed by atoms with Gasteiger partial charge in [0.1, 0.15) is 5.76 Å². The molecule has 0 bridgehead atoms. The number of hydrogen-bond acceptors (Lipinski definition) is 7. The number of pyridine rings is 1. The van der Waals surface area contributed by atoms with E-state index in [1.165, 1.54) is 11.8 Å². The predicted molar refractivity (Wildman–Crippen MR) is 130 cm³/mol. The number of piperidine rings is 1. The van der Waals surface area contributed by atoms with Crippen LogP contribution in [0.5, 0.6) is 0 Å². The van der Waals surface area contributed by atoms with E-state index < -0.39 is 0 Å². The summed E-state index contributed by atoms with van der Waals surface area (Å²) in [6.45, 7) is 5.53. The molecule has 1 fully saturated rings. The van der Waals surface area contributed by atoms with Crippen molar-refractivity contribution in [2.75, 3.05) is 25.9 Å². The van der Waals surface area contributed by atoms with Crippen LogP contribution in [0.3, 0.4) is 0 Å². The van der Waals surface area contributed by atoms with E-state index in [1.54, 1.807) is 24.4 Å². The molecule has 34 heavy (non-hydrogen) atoms. The largest absolute Gasteiger partial charge is 0.467 e. The topological polar surface area (TPSA) is 92.4 Å². The second-order valence-electron chi connectivity index (χ2n) is 8.55. The third kappa shape index (κ3) is 5.83. The van der Waals surface area contributed by atoms with E-state index in [-0.39, 0.29) is 17.7 Å². The van der Waals surface area contributed by atoms with Crippen LogP contribution >= 0.6 is 11.8 Å². The van der Waals surface area contributed by atoms with Gasteiger partial charge in [0.25, 0.3) is 5.91 Å². The van der Waals surface area contributed by atoms with Gasteiger partial charge in [-0.2, -0.15) is 0 Å². The molecular formula is C25H29N5O3S. The molecule has 0 aliphatic carbocycles. The molecule has 0 aromatic carbocycles. The van der Waals surface area contributed by atoms with Gasteiger partial charge >= 0.3 is 0 Å². The number of rotatable bonds is 7. The van der Waals surface area contributed by atoms with E-state index in [9.17, 15) is 9.59 Å². The minimum absolute atomic E-state index is 0.0769. The number of hydrogen-bond donors (Lipinski definition) is 0. The standard InChI is InChI=1S/C25H29N5O3S/c1-17-6-7-21(24(32)29(3)15-20-5-4-14-33-20)23(27-17)19-9-12-30(13-10-19)22(31)16-34-25-26-11-8-18(2)28-25/h4-8,11,14,19H,9-10,12-13,15-16H2,1-3H3. The van der Waals surface area contributed by atoms with Gasteiger partial charge in [0.15, 0.2) is 5.16 Å². The number of carbonyl (C=O) groups excluding carboxylic acids is 2. The summed E-state index contributed by atoms with van der Waals surface area (Å²) in [6, 6.07) is 9.25. The summed E-state index contributed by atoms with van der Waals surface area (Å²) in [5, 5.41) is 0.619. The van der Waals surface area contributed by atoms with Crippen molar-refractivity contribution in [1.29, 1.82) is 0 Å². The summed E-state index contributed by atoms with van der Waals surface area (Å²) in [4.78, 5) is 42.8. The fourth-order valence-corrected chi connectivity index (χ4v) is 4.88. The Kier molecular flexibility index (Phi) is 7.62. The Balaban J connectivity index is 1.38. The number of furan rings is 1. The smallest absolute Gasteiger partial charge is 0.255 e. The molecule has 0 N–H and O–H groups in total. The highest BCUT2D eigenvalue weighted by atomic mass is 32.2. The maximum Gasteiger partial charge on any atom is 0.255 e. The lowest BCUT2D eigenvalue weighted by Crippen LogP contribution is -2.39. The van der Waals surface area contributed by atoms with Crippen molar-refractivity contribution in [3.63, 3.8) is 0 Å². The second-order valence-corrected chi connectivity index (χ2v) is 9.49. The monoisotopic (exact) mass is 479 g/mol. The highest BCUT2D eigenvalue weighted by molar-refractivity contribution is 7.99. The molecule has 8 nitrogen and oxygen atoms in total. The Bertz CT molecular complexity index is 1140. The third-order valence-corrected chi connectivity index (χ3v) is 6.79. The number of nitrogens with zero attached hydrogens (tertiary/aromatic N) is 5. The maximum absolute atomic E-state index is 13.2. The lowest BCUT2D eigenvalue weighted by molar-refractivity contribution is -0.129. The van der Waals surface area contributed by atoms with Crippen LogP contribution in [0, 0.1) is 13.8 Å². The third-order valence-electron chi connectivity index (χ3n) is 5.95. The molecule has 1 aliphatic heterocycles. The number of aromatic nitrogens is 3. The van der Waals surface area contributed by atoms with Crippen molar-refractivity contribution in [2.45, 2.75) is 44.3 Å². The molecule has 1 aliphatic rings. The van der Waals surface area contributed by atoms with Crippen LogP contribution in [0.1, 0.15) is 52.0 Å². The van der Waals surface area contributed by atoms with Crippen LogP contribution in [0.25, 0.3) is 0 Å².